The summed E-state index contributed by atoms with van der Waals surface area (Å²) in [6, 6.07) is 4.82. The lowest BCUT2D eigenvalue weighted by Crippen LogP contribution is -2.38. The number of hydrogen-bond donors (Lipinski definition) is 2. The topological polar surface area (TPSA) is 104 Å². The van der Waals surface area contributed by atoms with E-state index in [1.807, 2.05) is 6.07 Å². The van der Waals surface area contributed by atoms with Gasteiger partial charge < -0.3 is 15.4 Å². The fourth-order valence-electron chi connectivity index (χ4n) is 1.20. The number of rotatable bonds is 6. The fourth-order valence-corrected chi connectivity index (χ4v) is 1.20. The van der Waals surface area contributed by atoms with Crippen molar-refractivity contribution in [3.8, 4) is 6.07 Å². The van der Waals surface area contributed by atoms with Crippen molar-refractivity contribution >= 4 is 11.8 Å². The Morgan fingerprint density at radius 2 is 2.21 bits per heavy atom. The van der Waals surface area contributed by atoms with Crippen molar-refractivity contribution in [2.45, 2.75) is 0 Å². The van der Waals surface area contributed by atoms with Gasteiger partial charge in [0.25, 0.3) is 5.91 Å². The molecule has 7 heteroatoms. The Kier molecular flexibility index (Phi) is 5.98. The van der Waals surface area contributed by atoms with Crippen molar-refractivity contribution in [3.05, 3.63) is 29.6 Å². The van der Waals surface area contributed by atoms with Crippen molar-refractivity contribution in [2.75, 3.05) is 26.8 Å². The third kappa shape index (κ3) is 5.14. The maximum absolute atomic E-state index is 11.6. The Labute approximate surface area is 110 Å². The van der Waals surface area contributed by atoms with Crippen LogP contribution in [0.25, 0.3) is 0 Å². The predicted octanol–water partition coefficient (Wildman–Crippen LogP) is -0.554. The van der Waals surface area contributed by atoms with Crippen LogP contribution in [0.15, 0.2) is 18.3 Å². The van der Waals surface area contributed by atoms with Gasteiger partial charge in [-0.25, -0.2) is 4.98 Å². The minimum atomic E-state index is -0.466. The van der Waals surface area contributed by atoms with Gasteiger partial charge in [-0.2, -0.15) is 5.26 Å². The lowest BCUT2D eigenvalue weighted by molar-refractivity contribution is -0.120. The van der Waals surface area contributed by atoms with Crippen LogP contribution in [0.5, 0.6) is 0 Å². The van der Waals surface area contributed by atoms with Crippen LogP contribution in [0.3, 0.4) is 0 Å². The Morgan fingerprint density at radius 3 is 2.79 bits per heavy atom. The summed E-state index contributed by atoms with van der Waals surface area (Å²) >= 11 is 0. The first kappa shape index (κ1) is 14.6. The number of carbonyl (C=O) groups is 2. The van der Waals surface area contributed by atoms with Crippen LogP contribution in [0.4, 0.5) is 0 Å². The molecule has 100 valence electrons. The molecule has 0 unspecified atom stereocenters. The van der Waals surface area contributed by atoms with Crippen LogP contribution in [-0.4, -0.2) is 43.6 Å². The highest BCUT2D eigenvalue weighted by atomic mass is 16.5. The molecule has 7 nitrogen and oxygen atoms in total. The second kappa shape index (κ2) is 7.79. The number of methoxy groups -OCH3 is 1. The molecule has 1 aromatic heterocycles. The Hall–Kier alpha value is -2.46. The second-order valence-corrected chi connectivity index (χ2v) is 3.57. The van der Waals surface area contributed by atoms with E-state index in [0.29, 0.717) is 18.7 Å². The quantitative estimate of drug-likeness (QED) is 0.669. The van der Waals surface area contributed by atoms with Gasteiger partial charge in [-0.3, -0.25) is 9.59 Å². The van der Waals surface area contributed by atoms with E-state index in [1.165, 1.54) is 25.4 Å². The highest BCUT2D eigenvalue weighted by Gasteiger charge is 2.08. The van der Waals surface area contributed by atoms with E-state index < -0.39 is 5.91 Å². The first-order valence-electron chi connectivity index (χ1n) is 5.57. The summed E-state index contributed by atoms with van der Waals surface area (Å²) in [6.07, 6.45) is 1.30. The van der Waals surface area contributed by atoms with Crippen molar-refractivity contribution in [2.24, 2.45) is 0 Å². The minimum absolute atomic E-state index is 0.135. The summed E-state index contributed by atoms with van der Waals surface area (Å²) in [5.41, 5.74) is 0.526. The zero-order valence-corrected chi connectivity index (χ0v) is 10.5. The molecule has 0 aliphatic heterocycles. The number of nitriles is 1. The normalized spacial score (nSPS) is 9.47. The smallest absolute Gasteiger partial charge is 0.270 e. The number of nitrogens with one attached hydrogen (secondary N) is 2. The van der Waals surface area contributed by atoms with Gasteiger partial charge in [0.2, 0.25) is 5.91 Å². The Bertz CT molecular complexity index is 479. The van der Waals surface area contributed by atoms with Crippen LogP contribution < -0.4 is 10.6 Å². The van der Waals surface area contributed by atoms with Gasteiger partial charge in [0.1, 0.15) is 11.8 Å². The fraction of sp³-hybridized carbons (Fsp3) is 0.333. The van der Waals surface area contributed by atoms with E-state index in [4.69, 9.17) is 10.00 Å². The number of hydrogen-bond acceptors (Lipinski definition) is 5. The molecule has 0 spiro atoms. The van der Waals surface area contributed by atoms with Gasteiger partial charge in [-0.15, -0.1) is 0 Å². The number of nitrogens with zero attached hydrogens (tertiary/aromatic N) is 2. The molecule has 0 saturated carbocycles. The van der Waals surface area contributed by atoms with Gasteiger partial charge in [0.05, 0.1) is 18.7 Å². The van der Waals surface area contributed by atoms with Crippen molar-refractivity contribution < 1.29 is 14.3 Å². The average Bonchev–Trinajstić information content (AvgIpc) is 2.45. The van der Waals surface area contributed by atoms with Crippen LogP contribution in [0.2, 0.25) is 0 Å². The number of aromatic nitrogens is 1. The van der Waals surface area contributed by atoms with Gasteiger partial charge in [0.15, 0.2) is 0 Å². The van der Waals surface area contributed by atoms with Crippen molar-refractivity contribution in [1.82, 2.24) is 15.6 Å². The minimum Gasteiger partial charge on any atom is -0.383 e. The molecule has 0 aliphatic rings. The third-order valence-corrected chi connectivity index (χ3v) is 2.16. The number of amides is 2. The Balaban J connectivity index is 2.38. The molecular formula is C12H14N4O3. The summed E-state index contributed by atoms with van der Waals surface area (Å²) in [7, 11) is 1.53. The van der Waals surface area contributed by atoms with Gasteiger partial charge >= 0.3 is 0 Å². The van der Waals surface area contributed by atoms with Crippen LogP contribution >= 0.6 is 0 Å². The van der Waals surface area contributed by atoms with Crippen LogP contribution in [0, 0.1) is 11.3 Å². The summed E-state index contributed by atoms with van der Waals surface area (Å²) in [4.78, 5) is 26.7. The molecular weight excluding hydrogens is 248 g/mol. The maximum Gasteiger partial charge on any atom is 0.270 e. The summed E-state index contributed by atoms with van der Waals surface area (Å²) in [6.45, 7) is 0.668. The molecule has 2 amide bonds. The summed E-state index contributed by atoms with van der Waals surface area (Å²) in [5.74, 6) is -0.773. The lowest BCUT2D eigenvalue weighted by Gasteiger charge is -2.06. The summed E-state index contributed by atoms with van der Waals surface area (Å²) in [5, 5.41) is 13.6. The second-order valence-electron chi connectivity index (χ2n) is 3.57. The van der Waals surface area contributed by atoms with Gasteiger partial charge in [-0.1, -0.05) is 0 Å². The monoisotopic (exact) mass is 262 g/mol. The molecule has 0 saturated heterocycles. The number of carbonyl (C=O) groups excluding carboxylic acids is 2. The van der Waals surface area contributed by atoms with E-state index in [2.05, 4.69) is 15.6 Å². The maximum atomic E-state index is 11.6. The van der Waals surface area contributed by atoms with E-state index in [0.717, 1.165) is 0 Å². The first-order valence-corrected chi connectivity index (χ1v) is 5.57. The molecule has 19 heavy (non-hydrogen) atoms. The highest BCUT2D eigenvalue weighted by Crippen LogP contribution is 1.98. The van der Waals surface area contributed by atoms with Crippen LogP contribution in [0.1, 0.15) is 16.1 Å². The molecule has 0 radical (unpaired) electrons. The third-order valence-electron chi connectivity index (χ3n) is 2.16. The van der Waals surface area contributed by atoms with E-state index >= 15 is 0 Å². The van der Waals surface area contributed by atoms with E-state index in [1.54, 1.807) is 0 Å². The molecule has 0 bridgehead atoms. The largest absolute Gasteiger partial charge is 0.383 e. The van der Waals surface area contributed by atoms with Crippen LogP contribution in [-0.2, 0) is 9.53 Å². The van der Waals surface area contributed by atoms with E-state index in [-0.39, 0.29) is 18.1 Å². The first-order chi connectivity index (χ1) is 9.17. The number of pyridine rings is 1. The molecule has 2 N–H and O–H groups in total. The van der Waals surface area contributed by atoms with Crippen molar-refractivity contribution in [3.63, 3.8) is 0 Å². The lowest BCUT2D eigenvalue weighted by atomic mass is 10.2. The molecule has 1 aromatic rings. The SMILES string of the molecule is COCCNC(=O)CNC(=O)c1ccc(C#N)cn1. The van der Waals surface area contributed by atoms with Crippen molar-refractivity contribution in [1.29, 1.82) is 5.26 Å². The molecule has 0 aromatic carbocycles. The number of ether oxygens (including phenoxy) is 1. The standard InChI is InChI=1S/C12H14N4O3/c1-19-5-4-14-11(17)8-16-12(18)10-3-2-9(6-13)7-15-10/h2-3,7H,4-5,8H2,1H3,(H,14,17)(H,16,18). The molecule has 0 fully saturated rings. The Morgan fingerprint density at radius 1 is 1.42 bits per heavy atom. The van der Waals surface area contributed by atoms with E-state index in [9.17, 15) is 9.59 Å². The zero-order chi connectivity index (χ0) is 14.1. The molecule has 0 atom stereocenters. The zero-order valence-electron chi connectivity index (χ0n) is 10.5. The average molecular weight is 262 g/mol. The highest BCUT2D eigenvalue weighted by molar-refractivity contribution is 5.94. The van der Waals surface area contributed by atoms with Gasteiger partial charge in [-0.05, 0) is 12.1 Å². The molecule has 0 aliphatic carbocycles. The predicted molar refractivity (Wildman–Crippen MR) is 66.2 cm³/mol. The molecule has 1 heterocycles. The summed E-state index contributed by atoms with van der Waals surface area (Å²) < 4.78 is 4.77. The van der Waals surface area contributed by atoms with Gasteiger partial charge in [0, 0.05) is 19.9 Å². The molecule has 1 rings (SSSR count).